The van der Waals surface area contributed by atoms with Gasteiger partial charge in [-0.25, -0.2) is 0 Å². The quantitative estimate of drug-likeness (QED) is 0.773. The summed E-state index contributed by atoms with van der Waals surface area (Å²) in [6.45, 7) is 2.78. The van der Waals surface area contributed by atoms with E-state index in [1.54, 1.807) is 0 Å². The van der Waals surface area contributed by atoms with Gasteiger partial charge in [-0.05, 0) is 31.9 Å². The van der Waals surface area contributed by atoms with Crippen molar-refractivity contribution < 1.29 is 0 Å². The monoisotopic (exact) mass is 189 g/mol. The third-order valence-electron chi connectivity index (χ3n) is 2.51. The fraction of sp³-hybridized carbons (Fsp3) is 0.364. The number of fused-ring (bicyclic) bond motifs is 1. The molecule has 3 heteroatoms. The first-order chi connectivity index (χ1) is 6.83. The molecule has 0 spiro atoms. The highest BCUT2D eigenvalue weighted by atomic mass is 15.1. The molecule has 0 radical (unpaired) electrons. The van der Waals surface area contributed by atoms with Crippen LogP contribution < -0.4 is 5.73 Å². The van der Waals surface area contributed by atoms with Gasteiger partial charge >= 0.3 is 0 Å². The molecule has 2 rings (SSSR count). The number of benzene rings is 1. The minimum atomic E-state index is 0.736. The minimum Gasteiger partial charge on any atom is -0.330 e. The fourth-order valence-electron chi connectivity index (χ4n) is 1.72. The van der Waals surface area contributed by atoms with E-state index < -0.39 is 0 Å². The van der Waals surface area contributed by atoms with Crippen molar-refractivity contribution in [2.45, 2.75) is 19.8 Å². The maximum Gasteiger partial charge on any atom is 0.0955 e. The molecule has 1 aromatic carbocycles. The number of aromatic nitrogens is 2. The first-order valence-electron chi connectivity index (χ1n) is 4.95. The van der Waals surface area contributed by atoms with Crippen LogP contribution in [0.25, 0.3) is 10.9 Å². The third kappa shape index (κ3) is 1.51. The Morgan fingerprint density at radius 3 is 3.07 bits per heavy atom. The molecule has 0 unspecified atom stereocenters. The third-order valence-corrected chi connectivity index (χ3v) is 2.51. The zero-order chi connectivity index (χ0) is 9.97. The summed E-state index contributed by atoms with van der Waals surface area (Å²) >= 11 is 0. The van der Waals surface area contributed by atoms with Gasteiger partial charge in [-0.3, -0.25) is 5.10 Å². The zero-order valence-electron chi connectivity index (χ0n) is 8.38. The van der Waals surface area contributed by atoms with Crippen LogP contribution in [0, 0.1) is 6.92 Å². The Labute approximate surface area is 83.3 Å². The molecule has 1 aromatic heterocycles. The number of hydrogen-bond donors (Lipinski definition) is 2. The smallest absolute Gasteiger partial charge is 0.0955 e. The average Bonchev–Trinajstić information content (AvgIpc) is 2.58. The summed E-state index contributed by atoms with van der Waals surface area (Å²) in [6.07, 6.45) is 2.03. The molecule has 0 saturated heterocycles. The first-order valence-corrected chi connectivity index (χ1v) is 4.95. The van der Waals surface area contributed by atoms with Crippen molar-refractivity contribution in [2.24, 2.45) is 5.73 Å². The van der Waals surface area contributed by atoms with Gasteiger partial charge in [0, 0.05) is 11.1 Å². The Morgan fingerprint density at radius 1 is 1.43 bits per heavy atom. The zero-order valence-corrected chi connectivity index (χ0v) is 8.38. The van der Waals surface area contributed by atoms with Crippen LogP contribution in [0.1, 0.15) is 17.7 Å². The van der Waals surface area contributed by atoms with E-state index in [1.165, 1.54) is 10.9 Å². The fourth-order valence-corrected chi connectivity index (χ4v) is 1.72. The number of aromatic amines is 1. The summed E-state index contributed by atoms with van der Waals surface area (Å²) < 4.78 is 0. The predicted molar refractivity (Wildman–Crippen MR) is 58.2 cm³/mol. The lowest BCUT2D eigenvalue weighted by Crippen LogP contribution is -2.00. The summed E-state index contributed by atoms with van der Waals surface area (Å²) in [6, 6.07) is 6.30. The molecule has 0 saturated carbocycles. The van der Waals surface area contributed by atoms with Crippen LogP contribution >= 0.6 is 0 Å². The van der Waals surface area contributed by atoms with Crippen molar-refractivity contribution in [1.82, 2.24) is 10.2 Å². The van der Waals surface area contributed by atoms with Gasteiger partial charge in [0.1, 0.15) is 0 Å². The second-order valence-corrected chi connectivity index (χ2v) is 3.55. The van der Waals surface area contributed by atoms with Gasteiger partial charge in [0.2, 0.25) is 0 Å². The SMILES string of the molecule is Cc1[nH]nc2c(CCCN)cccc12. The standard InChI is InChI=1S/C11H15N3/c1-8-10-6-2-4-9(5-3-7-12)11(10)14-13-8/h2,4,6H,3,5,7,12H2,1H3,(H,13,14). The van der Waals surface area contributed by atoms with Gasteiger partial charge in [0.25, 0.3) is 0 Å². The number of nitrogens with two attached hydrogens (primary N) is 1. The van der Waals surface area contributed by atoms with E-state index >= 15 is 0 Å². The Hall–Kier alpha value is -1.35. The van der Waals surface area contributed by atoms with E-state index in [0.29, 0.717) is 0 Å². The number of hydrogen-bond acceptors (Lipinski definition) is 2. The summed E-state index contributed by atoms with van der Waals surface area (Å²) in [5.41, 5.74) is 9.02. The van der Waals surface area contributed by atoms with E-state index in [-0.39, 0.29) is 0 Å². The highest BCUT2D eigenvalue weighted by molar-refractivity contribution is 5.84. The Bertz CT molecular complexity index is 431. The van der Waals surface area contributed by atoms with Gasteiger partial charge in [0.05, 0.1) is 5.52 Å². The van der Waals surface area contributed by atoms with Gasteiger partial charge in [0.15, 0.2) is 0 Å². The van der Waals surface area contributed by atoms with Crippen LogP contribution in [0.2, 0.25) is 0 Å². The second-order valence-electron chi connectivity index (χ2n) is 3.55. The van der Waals surface area contributed by atoms with Crippen LogP contribution in [0.3, 0.4) is 0 Å². The highest BCUT2D eigenvalue weighted by Crippen LogP contribution is 2.19. The van der Waals surface area contributed by atoms with Crippen molar-refractivity contribution in [1.29, 1.82) is 0 Å². The largest absolute Gasteiger partial charge is 0.330 e. The van der Waals surface area contributed by atoms with E-state index in [4.69, 9.17) is 5.73 Å². The molecule has 3 N–H and O–H groups in total. The molecule has 3 nitrogen and oxygen atoms in total. The van der Waals surface area contributed by atoms with Crippen LogP contribution in [0.15, 0.2) is 18.2 Å². The molecule has 0 atom stereocenters. The molecule has 74 valence electrons. The van der Waals surface area contributed by atoms with Gasteiger partial charge in [-0.2, -0.15) is 5.10 Å². The molecule has 14 heavy (non-hydrogen) atoms. The van der Waals surface area contributed by atoms with Crippen LogP contribution in [0.4, 0.5) is 0 Å². The van der Waals surface area contributed by atoms with Gasteiger partial charge in [-0.15, -0.1) is 0 Å². The van der Waals surface area contributed by atoms with E-state index in [0.717, 1.165) is 30.6 Å². The molecule has 0 aliphatic heterocycles. The molecule has 2 aromatic rings. The molecule has 0 amide bonds. The normalized spacial score (nSPS) is 11.0. The molecule has 0 fully saturated rings. The Kier molecular flexibility index (Phi) is 2.50. The molecular weight excluding hydrogens is 174 g/mol. The molecule has 1 heterocycles. The lowest BCUT2D eigenvalue weighted by Gasteiger charge is -2.00. The van der Waals surface area contributed by atoms with Crippen LogP contribution in [0.5, 0.6) is 0 Å². The molecule has 0 aliphatic rings. The predicted octanol–water partition coefficient (Wildman–Crippen LogP) is 1.76. The van der Waals surface area contributed by atoms with Crippen molar-refractivity contribution in [3.05, 3.63) is 29.5 Å². The topological polar surface area (TPSA) is 54.7 Å². The molecular formula is C11H15N3. The summed E-state index contributed by atoms with van der Waals surface area (Å²) in [5, 5.41) is 8.54. The number of nitrogens with zero attached hydrogens (tertiary/aromatic N) is 1. The number of rotatable bonds is 3. The van der Waals surface area contributed by atoms with Crippen molar-refractivity contribution in [3.8, 4) is 0 Å². The molecule has 0 aliphatic carbocycles. The lowest BCUT2D eigenvalue weighted by molar-refractivity contribution is 0.835. The maximum atomic E-state index is 5.50. The van der Waals surface area contributed by atoms with Crippen molar-refractivity contribution in [3.63, 3.8) is 0 Å². The number of aryl methyl sites for hydroxylation is 2. The van der Waals surface area contributed by atoms with E-state index in [2.05, 4.69) is 28.4 Å². The van der Waals surface area contributed by atoms with Crippen LogP contribution in [-0.2, 0) is 6.42 Å². The summed E-state index contributed by atoms with van der Waals surface area (Å²) in [4.78, 5) is 0. The minimum absolute atomic E-state index is 0.736. The average molecular weight is 189 g/mol. The van der Waals surface area contributed by atoms with E-state index in [1.807, 2.05) is 6.92 Å². The number of nitrogens with one attached hydrogen (secondary N) is 1. The highest BCUT2D eigenvalue weighted by Gasteiger charge is 2.05. The maximum absolute atomic E-state index is 5.50. The van der Waals surface area contributed by atoms with E-state index in [9.17, 15) is 0 Å². The van der Waals surface area contributed by atoms with Crippen molar-refractivity contribution >= 4 is 10.9 Å². The number of para-hydroxylation sites is 1. The number of H-pyrrole nitrogens is 1. The Balaban J connectivity index is 2.44. The lowest BCUT2D eigenvalue weighted by atomic mass is 10.1. The Morgan fingerprint density at radius 2 is 2.29 bits per heavy atom. The van der Waals surface area contributed by atoms with Crippen LogP contribution in [-0.4, -0.2) is 16.7 Å². The van der Waals surface area contributed by atoms with Gasteiger partial charge < -0.3 is 5.73 Å². The van der Waals surface area contributed by atoms with Crippen molar-refractivity contribution in [2.75, 3.05) is 6.54 Å². The summed E-state index contributed by atoms with van der Waals surface area (Å²) in [5.74, 6) is 0. The van der Waals surface area contributed by atoms with Gasteiger partial charge in [-0.1, -0.05) is 18.2 Å². The summed E-state index contributed by atoms with van der Waals surface area (Å²) in [7, 11) is 0. The molecule has 0 bridgehead atoms. The first kappa shape index (κ1) is 9.21. The second kappa shape index (κ2) is 3.80.